The predicted octanol–water partition coefficient (Wildman–Crippen LogP) is 0.0431. The van der Waals surface area contributed by atoms with Crippen LogP contribution < -0.4 is 5.32 Å². The SMILES string of the molecule is CCNC(CCO)COCCOCCOCCOC. The molecular formula is C13H29NO5. The van der Waals surface area contributed by atoms with E-state index in [0.29, 0.717) is 52.7 Å². The summed E-state index contributed by atoms with van der Waals surface area (Å²) in [6, 6.07) is 0.215. The molecule has 19 heavy (non-hydrogen) atoms. The molecule has 0 rings (SSSR count). The van der Waals surface area contributed by atoms with E-state index in [1.54, 1.807) is 7.11 Å². The number of hydrogen-bond acceptors (Lipinski definition) is 6. The van der Waals surface area contributed by atoms with Crippen LogP contribution in [0.3, 0.4) is 0 Å². The summed E-state index contributed by atoms with van der Waals surface area (Å²) in [5, 5.41) is 12.1. The van der Waals surface area contributed by atoms with Crippen molar-refractivity contribution < 1.29 is 24.1 Å². The second kappa shape index (κ2) is 15.8. The van der Waals surface area contributed by atoms with Gasteiger partial charge in [0.25, 0.3) is 0 Å². The summed E-state index contributed by atoms with van der Waals surface area (Å²) in [6.45, 7) is 7.17. The minimum atomic E-state index is 0.177. The van der Waals surface area contributed by atoms with Crippen LogP contribution in [0.2, 0.25) is 0 Å². The number of hydrogen-bond donors (Lipinski definition) is 2. The Morgan fingerprint density at radius 1 is 0.947 bits per heavy atom. The first-order valence-electron chi connectivity index (χ1n) is 6.91. The van der Waals surface area contributed by atoms with Crippen molar-refractivity contribution >= 4 is 0 Å². The highest BCUT2D eigenvalue weighted by Gasteiger charge is 2.05. The molecule has 6 nitrogen and oxygen atoms in total. The Morgan fingerprint density at radius 3 is 2.05 bits per heavy atom. The summed E-state index contributed by atoms with van der Waals surface area (Å²) in [7, 11) is 1.65. The molecule has 0 aromatic carbocycles. The highest BCUT2D eigenvalue weighted by atomic mass is 16.6. The van der Waals surface area contributed by atoms with Crippen LogP contribution in [0.15, 0.2) is 0 Å². The van der Waals surface area contributed by atoms with Crippen molar-refractivity contribution in [2.45, 2.75) is 19.4 Å². The molecule has 1 atom stereocenters. The van der Waals surface area contributed by atoms with Gasteiger partial charge in [-0.25, -0.2) is 0 Å². The van der Waals surface area contributed by atoms with Crippen molar-refractivity contribution in [3.05, 3.63) is 0 Å². The Labute approximate surface area is 116 Å². The summed E-state index contributed by atoms with van der Waals surface area (Å²) in [5.74, 6) is 0. The van der Waals surface area contributed by atoms with Gasteiger partial charge in [-0.2, -0.15) is 0 Å². The maximum absolute atomic E-state index is 8.88. The van der Waals surface area contributed by atoms with Crippen molar-refractivity contribution in [1.82, 2.24) is 5.32 Å². The van der Waals surface area contributed by atoms with E-state index in [-0.39, 0.29) is 12.6 Å². The van der Waals surface area contributed by atoms with Crippen molar-refractivity contribution in [2.75, 3.05) is 66.5 Å². The zero-order valence-electron chi connectivity index (χ0n) is 12.2. The zero-order valence-corrected chi connectivity index (χ0v) is 12.2. The van der Waals surface area contributed by atoms with Crippen LogP contribution in [-0.4, -0.2) is 77.7 Å². The Kier molecular flexibility index (Phi) is 15.6. The van der Waals surface area contributed by atoms with Gasteiger partial charge in [-0.1, -0.05) is 6.92 Å². The molecule has 0 bridgehead atoms. The van der Waals surface area contributed by atoms with Crippen LogP contribution in [-0.2, 0) is 18.9 Å². The van der Waals surface area contributed by atoms with E-state index in [2.05, 4.69) is 5.32 Å². The fourth-order valence-electron chi connectivity index (χ4n) is 1.50. The number of likely N-dealkylation sites (N-methyl/N-ethyl adjacent to an activating group) is 1. The van der Waals surface area contributed by atoms with Gasteiger partial charge in [0.15, 0.2) is 0 Å². The Hall–Kier alpha value is -0.240. The Balaban J connectivity index is 3.20. The van der Waals surface area contributed by atoms with Gasteiger partial charge in [0.2, 0.25) is 0 Å². The van der Waals surface area contributed by atoms with E-state index in [4.69, 9.17) is 24.1 Å². The second-order valence-corrected chi connectivity index (χ2v) is 4.06. The molecule has 0 aliphatic rings. The first-order chi connectivity index (χ1) is 9.35. The molecule has 0 aromatic rings. The lowest BCUT2D eigenvalue weighted by atomic mass is 10.2. The lowest BCUT2D eigenvalue weighted by molar-refractivity contribution is 0.0000535. The first-order valence-corrected chi connectivity index (χ1v) is 6.91. The molecule has 2 N–H and O–H groups in total. The molecule has 1 unspecified atom stereocenters. The minimum Gasteiger partial charge on any atom is -0.396 e. The molecule has 116 valence electrons. The van der Waals surface area contributed by atoms with Gasteiger partial charge in [0.05, 0.1) is 46.2 Å². The summed E-state index contributed by atoms with van der Waals surface area (Å²) < 4.78 is 20.9. The average Bonchev–Trinajstić information content (AvgIpc) is 2.41. The van der Waals surface area contributed by atoms with Crippen LogP contribution in [0.25, 0.3) is 0 Å². The van der Waals surface area contributed by atoms with Gasteiger partial charge in [-0.05, 0) is 13.0 Å². The monoisotopic (exact) mass is 279 g/mol. The molecule has 0 aliphatic heterocycles. The molecule has 0 radical (unpaired) electrons. The topological polar surface area (TPSA) is 69.2 Å². The van der Waals surface area contributed by atoms with Crippen molar-refractivity contribution in [2.24, 2.45) is 0 Å². The van der Waals surface area contributed by atoms with E-state index in [1.165, 1.54) is 0 Å². The number of nitrogens with one attached hydrogen (secondary N) is 1. The fraction of sp³-hybridized carbons (Fsp3) is 1.00. The van der Waals surface area contributed by atoms with Crippen LogP contribution in [0.1, 0.15) is 13.3 Å². The minimum absolute atomic E-state index is 0.177. The fourth-order valence-corrected chi connectivity index (χ4v) is 1.50. The van der Waals surface area contributed by atoms with Crippen molar-refractivity contribution in [3.8, 4) is 0 Å². The summed E-state index contributed by atoms with van der Waals surface area (Å²) in [6.07, 6.45) is 0.710. The molecule has 0 spiro atoms. The molecule has 0 heterocycles. The third-order valence-electron chi connectivity index (χ3n) is 2.47. The Morgan fingerprint density at radius 2 is 1.53 bits per heavy atom. The normalized spacial score (nSPS) is 12.8. The molecular weight excluding hydrogens is 250 g/mol. The number of methoxy groups -OCH3 is 1. The van der Waals surface area contributed by atoms with Gasteiger partial charge in [0, 0.05) is 19.8 Å². The molecule has 6 heteroatoms. The standard InChI is InChI=1S/C13H29NO5/c1-3-14-13(4-5-15)12-19-11-10-18-9-8-17-7-6-16-2/h13-15H,3-12H2,1-2H3. The van der Waals surface area contributed by atoms with E-state index >= 15 is 0 Å². The lowest BCUT2D eigenvalue weighted by Gasteiger charge is -2.16. The quantitative estimate of drug-likeness (QED) is 0.413. The molecule has 0 saturated heterocycles. The predicted molar refractivity (Wildman–Crippen MR) is 73.5 cm³/mol. The highest BCUT2D eigenvalue weighted by molar-refractivity contribution is 4.64. The van der Waals surface area contributed by atoms with Gasteiger partial charge >= 0.3 is 0 Å². The summed E-state index contributed by atoms with van der Waals surface area (Å²) >= 11 is 0. The maximum atomic E-state index is 8.88. The van der Waals surface area contributed by atoms with Crippen LogP contribution in [0.5, 0.6) is 0 Å². The summed E-state index contributed by atoms with van der Waals surface area (Å²) in [5.41, 5.74) is 0. The number of aliphatic hydroxyl groups excluding tert-OH is 1. The highest BCUT2D eigenvalue weighted by Crippen LogP contribution is 1.92. The third-order valence-corrected chi connectivity index (χ3v) is 2.47. The van der Waals surface area contributed by atoms with Crippen LogP contribution in [0.4, 0.5) is 0 Å². The molecule has 0 amide bonds. The van der Waals surface area contributed by atoms with E-state index < -0.39 is 0 Å². The average molecular weight is 279 g/mol. The first kappa shape index (κ1) is 18.8. The third kappa shape index (κ3) is 14.0. The van der Waals surface area contributed by atoms with Crippen molar-refractivity contribution in [3.63, 3.8) is 0 Å². The largest absolute Gasteiger partial charge is 0.396 e. The van der Waals surface area contributed by atoms with E-state index in [1.807, 2.05) is 6.92 Å². The van der Waals surface area contributed by atoms with Crippen molar-refractivity contribution in [1.29, 1.82) is 0 Å². The van der Waals surface area contributed by atoms with E-state index in [9.17, 15) is 0 Å². The van der Waals surface area contributed by atoms with Gasteiger partial charge in [-0.3, -0.25) is 0 Å². The molecule has 0 saturated carbocycles. The Bertz CT molecular complexity index is 165. The summed E-state index contributed by atoms with van der Waals surface area (Å²) in [4.78, 5) is 0. The number of rotatable bonds is 15. The molecule has 0 fully saturated rings. The smallest absolute Gasteiger partial charge is 0.0701 e. The maximum Gasteiger partial charge on any atom is 0.0701 e. The molecule has 0 aromatic heterocycles. The van der Waals surface area contributed by atoms with Gasteiger partial charge < -0.3 is 29.4 Å². The zero-order chi connectivity index (χ0) is 14.2. The van der Waals surface area contributed by atoms with Crippen LogP contribution >= 0.6 is 0 Å². The number of ether oxygens (including phenoxy) is 4. The van der Waals surface area contributed by atoms with Gasteiger partial charge in [-0.15, -0.1) is 0 Å². The molecule has 0 aliphatic carbocycles. The van der Waals surface area contributed by atoms with Crippen LogP contribution in [0, 0.1) is 0 Å². The second-order valence-electron chi connectivity index (χ2n) is 4.06. The van der Waals surface area contributed by atoms with Gasteiger partial charge in [0.1, 0.15) is 0 Å². The van der Waals surface area contributed by atoms with E-state index in [0.717, 1.165) is 6.54 Å². The number of aliphatic hydroxyl groups is 1. The lowest BCUT2D eigenvalue weighted by Crippen LogP contribution is -2.34.